The fourth-order valence-corrected chi connectivity index (χ4v) is 2.82. The van der Waals surface area contributed by atoms with E-state index in [1.165, 1.54) is 5.56 Å². The molecule has 0 radical (unpaired) electrons. The van der Waals surface area contributed by atoms with Crippen molar-refractivity contribution in [3.63, 3.8) is 0 Å². The SMILES string of the molecule is Cc1ccccc1CNC(=O)CN1CCN(c2ncccn2)CC1. The highest BCUT2D eigenvalue weighted by Crippen LogP contribution is 2.09. The van der Waals surface area contributed by atoms with Gasteiger partial charge in [-0.1, -0.05) is 24.3 Å². The van der Waals surface area contributed by atoms with Crippen LogP contribution < -0.4 is 10.2 Å². The van der Waals surface area contributed by atoms with Gasteiger partial charge in [0.25, 0.3) is 0 Å². The molecule has 1 aliphatic heterocycles. The molecule has 1 aromatic heterocycles. The lowest BCUT2D eigenvalue weighted by atomic mass is 10.1. The summed E-state index contributed by atoms with van der Waals surface area (Å²) in [7, 11) is 0. The van der Waals surface area contributed by atoms with E-state index in [0.29, 0.717) is 13.1 Å². The number of nitrogens with one attached hydrogen (secondary N) is 1. The number of rotatable bonds is 5. The monoisotopic (exact) mass is 325 g/mol. The van der Waals surface area contributed by atoms with E-state index < -0.39 is 0 Å². The van der Waals surface area contributed by atoms with Gasteiger partial charge < -0.3 is 10.2 Å². The number of carbonyl (C=O) groups excluding carboxylic acids is 1. The first-order chi connectivity index (χ1) is 11.7. The Bertz CT molecular complexity index is 668. The fourth-order valence-electron chi connectivity index (χ4n) is 2.82. The van der Waals surface area contributed by atoms with Crippen LogP contribution in [0, 0.1) is 6.92 Å². The third kappa shape index (κ3) is 4.29. The average Bonchev–Trinajstić information content (AvgIpc) is 2.62. The molecule has 1 amide bonds. The molecular formula is C18H23N5O. The van der Waals surface area contributed by atoms with Gasteiger partial charge in [-0.2, -0.15) is 0 Å². The van der Waals surface area contributed by atoms with Crippen LogP contribution in [-0.4, -0.2) is 53.5 Å². The first-order valence-corrected chi connectivity index (χ1v) is 8.28. The van der Waals surface area contributed by atoms with Crippen molar-refractivity contribution >= 4 is 11.9 Å². The van der Waals surface area contributed by atoms with Gasteiger partial charge in [0.05, 0.1) is 6.54 Å². The normalized spacial score (nSPS) is 15.3. The third-order valence-corrected chi connectivity index (χ3v) is 4.31. The molecule has 0 saturated carbocycles. The van der Waals surface area contributed by atoms with Crippen LogP contribution in [0.3, 0.4) is 0 Å². The summed E-state index contributed by atoms with van der Waals surface area (Å²) in [6, 6.07) is 9.94. The minimum atomic E-state index is 0.0719. The molecule has 2 heterocycles. The molecule has 0 spiro atoms. The maximum absolute atomic E-state index is 12.2. The van der Waals surface area contributed by atoms with Crippen LogP contribution in [0.4, 0.5) is 5.95 Å². The molecule has 126 valence electrons. The van der Waals surface area contributed by atoms with E-state index in [-0.39, 0.29) is 5.91 Å². The van der Waals surface area contributed by atoms with E-state index in [0.717, 1.165) is 37.7 Å². The molecule has 3 rings (SSSR count). The molecule has 1 N–H and O–H groups in total. The van der Waals surface area contributed by atoms with Crippen molar-refractivity contribution in [1.29, 1.82) is 0 Å². The minimum Gasteiger partial charge on any atom is -0.351 e. The first-order valence-electron chi connectivity index (χ1n) is 8.28. The largest absolute Gasteiger partial charge is 0.351 e. The van der Waals surface area contributed by atoms with Gasteiger partial charge in [-0.05, 0) is 24.1 Å². The number of hydrogen-bond donors (Lipinski definition) is 1. The van der Waals surface area contributed by atoms with Crippen molar-refractivity contribution in [2.75, 3.05) is 37.6 Å². The first kappa shape index (κ1) is 16.4. The number of amides is 1. The predicted molar refractivity (Wildman–Crippen MR) is 93.7 cm³/mol. The number of aromatic nitrogens is 2. The summed E-state index contributed by atoms with van der Waals surface area (Å²) >= 11 is 0. The zero-order valence-corrected chi connectivity index (χ0v) is 14.0. The van der Waals surface area contributed by atoms with E-state index in [2.05, 4.69) is 38.1 Å². The Morgan fingerprint density at radius 3 is 2.50 bits per heavy atom. The number of carbonyl (C=O) groups is 1. The van der Waals surface area contributed by atoms with E-state index in [1.54, 1.807) is 12.4 Å². The lowest BCUT2D eigenvalue weighted by Gasteiger charge is -2.34. The highest BCUT2D eigenvalue weighted by atomic mass is 16.2. The number of benzene rings is 1. The smallest absolute Gasteiger partial charge is 0.234 e. The summed E-state index contributed by atoms with van der Waals surface area (Å²) in [6.07, 6.45) is 3.52. The van der Waals surface area contributed by atoms with Gasteiger partial charge in [0.1, 0.15) is 0 Å². The molecule has 0 aliphatic carbocycles. The van der Waals surface area contributed by atoms with Crippen molar-refractivity contribution in [1.82, 2.24) is 20.2 Å². The Morgan fingerprint density at radius 2 is 1.79 bits per heavy atom. The lowest BCUT2D eigenvalue weighted by Crippen LogP contribution is -2.49. The standard InChI is InChI=1S/C18H23N5O/c1-15-5-2-3-6-16(15)13-21-17(24)14-22-9-11-23(12-10-22)18-19-7-4-8-20-18/h2-8H,9-14H2,1H3,(H,21,24). The number of anilines is 1. The van der Waals surface area contributed by atoms with Crippen molar-refractivity contribution in [2.24, 2.45) is 0 Å². The molecule has 6 nitrogen and oxygen atoms in total. The van der Waals surface area contributed by atoms with Crippen molar-refractivity contribution < 1.29 is 4.79 Å². The Hall–Kier alpha value is -2.47. The van der Waals surface area contributed by atoms with Crippen LogP contribution in [0.25, 0.3) is 0 Å². The topological polar surface area (TPSA) is 61.4 Å². The quantitative estimate of drug-likeness (QED) is 0.896. The molecule has 6 heteroatoms. The Labute approximate surface area is 142 Å². The summed E-state index contributed by atoms with van der Waals surface area (Å²) in [5, 5.41) is 3.01. The molecule has 1 aliphatic rings. The molecule has 2 aromatic rings. The van der Waals surface area contributed by atoms with Crippen LogP contribution in [0.2, 0.25) is 0 Å². The van der Waals surface area contributed by atoms with Crippen LogP contribution in [0.1, 0.15) is 11.1 Å². The maximum Gasteiger partial charge on any atom is 0.234 e. The predicted octanol–water partition coefficient (Wildman–Crippen LogP) is 1.22. The van der Waals surface area contributed by atoms with Gasteiger partial charge in [-0.15, -0.1) is 0 Å². The van der Waals surface area contributed by atoms with Crippen LogP contribution in [0.15, 0.2) is 42.7 Å². The van der Waals surface area contributed by atoms with Crippen molar-refractivity contribution in [3.05, 3.63) is 53.9 Å². The Morgan fingerprint density at radius 1 is 1.08 bits per heavy atom. The maximum atomic E-state index is 12.2. The molecule has 1 fully saturated rings. The van der Waals surface area contributed by atoms with Gasteiger partial charge in [-0.25, -0.2) is 9.97 Å². The number of piperazine rings is 1. The Kier molecular flexibility index (Phi) is 5.38. The number of aryl methyl sites for hydroxylation is 1. The summed E-state index contributed by atoms with van der Waals surface area (Å²) in [6.45, 7) is 6.46. The van der Waals surface area contributed by atoms with Crippen molar-refractivity contribution in [3.8, 4) is 0 Å². The van der Waals surface area contributed by atoms with E-state index in [4.69, 9.17) is 0 Å². The third-order valence-electron chi connectivity index (χ3n) is 4.31. The minimum absolute atomic E-state index is 0.0719. The van der Waals surface area contributed by atoms with Gasteiger partial charge >= 0.3 is 0 Å². The van der Waals surface area contributed by atoms with E-state index >= 15 is 0 Å². The molecule has 24 heavy (non-hydrogen) atoms. The van der Waals surface area contributed by atoms with Crippen LogP contribution >= 0.6 is 0 Å². The highest BCUT2D eigenvalue weighted by Gasteiger charge is 2.20. The molecule has 0 bridgehead atoms. The molecule has 1 aromatic carbocycles. The molecule has 0 unspecified atom stereocenters. The van der Waals surface area contributed by atoms with Crippen LogP contribution in [-0.2, 0) is 11.3 Å². The summed E-state index contributed by atoms with van der Waals surface area (Å²) in [5.74, 6) is 0.837. The number of nitrogens with zero attached hydrogens (tertiary/aromatic N) is 4. The van der Waals surface area contributed by atoms with Gasteiger partial charge in [0.15, 0.2) is 0 Å². The van der Waals surface area contributed by atoms with Gasteiger partial charge in [0, 0.05) is 45.1 Å². The highest BCUT2D eigenvalue weighted by molar-refractivity contribution is 5.78. The summed E-state index contributed by atoms with van der Waals surface area (Å²) in [5.41, 5.74) is 2.37. The second-order valence-electron chi connectivity index (χ2n) is 6.02. The Balaban J connectivity index is 1.43. The van der Waals surface area contributed by atoms with E-state index in [1.807, 2.05) is 24.3 Å². The molecular weight excluding hydrogens is 302 g/mol. The summed E-state index contributed by atoms with van der Waals surface area (Å²) < 4.78 is 0. The lowest BCUT2D eigenvalue weighted by molar-refractivity contribution is -0.122. The second-order valence-corrected chi connectivity index (χ2v) is 6.02. The fraction of sp³-hybridized carbons (Fsp3) is 0.389. The molecule has 0 atom stereocenters. The zero-order chi connectivity index (χ0) is 16.8. The average molecular weight is 325 g/mol. The summed E-state index contributed by atoms with van der Waals surface area (Å²) in [4.78, 5) is 25.0. The van der Waals surface area contributed by atoms with E-state index in [9.17, 15) is 4.79 Å². The number of hydrogen-bond acceptors (Lipinski definition) is 5. The second kappa shape index (κ2) is 7.88. The van der Waals surface area contributed by atoms with Gasteiger partial charge in [-0.3, -0.25) is 9.69 Å². The molecule has 1 saturated heterocycles. The zero-order valence-electron chi connectivity index (χ0n) is 14.0. The van der Waals surface area contributed by atoms with Gasteiger partial charge in [0.2, 0.25) is 11.9 Å². The van der Waals surface area contributed by atoms with Crippen molar-refractivity contribution in [2.45, 2.75) is 13.5 Å². The van der Waals surface area contributed by atoms with Crippen LogP contribution in [0.5, 0.6) is 0 Å².